The van der Waals surface area contributed by atoms with Crippen LogP contribution in [-0.2, 0) is 4.79 Å². The predicted molar refractivity (Wildman–Crippen MR) is 87.9 cm³/mol. The summed E-state index contributed by atoms with van der Waals surface area (Å²) in [5.41, 5.74) is 0.544. The maximum atomic E-state index is 12.7. The van der Waals surface area contributed by atoms with Gasteiger partial charge < -0.3 is 14.7 Å². The molecule has 0 spiro atoms. The number of carbonyl (C=O) groups excluding carboxylic acids is 1. The number of rotatable bonds is 7. The van der Waals surface area contributed by atoms with E-state index in [9.17, 15) is 9.59 Å². The molecule has 1 aromatic rings. The smallest absolute Gasteiger partial charge is 0.304 e. The van der Waals surface area contributed by atoms with E-state index >= 15 is 0 Å². The van der Waals surface area contributed by atoms with Gasteiger partial charge in [-0.1, -0.05) is 6.92 Å². The van der Waals surface area contributed by atoms with Crippen LogP contribution in [0, 0.1) is 11.8 Å². The third-order valence-corrected chi connectivity index (χ3v) is 4.39. The average molecular weight is 319 g/mol. The number of aliphatic carboxylic acids is 1. The minimum atomic E-state index is -0.929. The molecule has 2 atom stereocenters. The first-order chi connectivity index (χ1) is 11.0. The molecule has 5 heteroatoms. The monoisotopic (exact) mass is 319 g/mol. The van der Waals surface area contributed by atoms with Crippen LogP contribution in [0.25, 0.3) is 0 Å². The van der Waals surface area contributed by atoms with Crippen LogP contribution >= 0.6 is 0 Å². The predicted octanol–water partition coefficient (Wildman–Crippen LogP) is 2.70. The number of benzene rings is 1. The second kappa shape index (κ2) is 8.11. The van der Waals surface area contributed by atoms with Gasteiger partial charge in [-0.05, 0) is 49.6 Å². The van der Waals surface area contributed by atoms with Gasteiger partial charge in [0.05, 0.1) is 13.5 Å². The van der Waals surface area contributed by atoms with Crippen LogP contribution in [0.4, 0.5) is 0 Å². The van der Waals surface area contributed by atoms with E-state index in [4.69, 9.17) is 9.84 Å². The molecule has 1 aromatic carbocycles. The van der Waals surface area contributed by atoms with Crippen LogP contribution in [0.2, 0.25) is 0 Å². The van der Waals surface area contributed by atoms with Crippen molar-refractivity contribution in [3.8, 4) is 5.75 Å². The van der Waals surface area contributed by atoms with Gasteiger partial charge in [0.2, 0.25) is 0 Å². The molecule has 0 amide bonds. The van der Waals surface area contributed by atoms with E-state index in [2.05, 4.69) is 11.8 Å². The normalized spacial score (nSPS) is 20.0. The van der Waals surface area contributed by atoms with Gasteiger partial charge in [-0.2, -0.15) is 0 Å². The standard InChI is InChI=1S/C18H25NO4/c1-13-4-3-9-19(11-13)12-15(10-17(20)21)18(22)14-5-7-16(23-2)8-6-14/h5-8,13,15H,3-4,9-12H2,1-2H3,(H,20,21). The van der Waals surface area contributed by atoms with Crippen molar-refractivity contribution in [2.75, 3.05) is 26.7 Å². The summed E-state index contributed by atoms with van der Waals surface area (Å²) in [6.07, 6.45) is 2.18. The third kappa shape index (κ3) is 5.06. The summed E-state index contributed by atoms with van der Waals surface area (Å²) >= 11 is 0. The van der Waals surface area contributed by atoms with Crippen LogP contribution in [-0.4, -0.2) is 48.5 Å². The SMILES string of the molecule is COc1ccc(C(=O)C(CC(=O)O)CN2CCCC(C)C2)cc1. The molecule has 0 saturated carbocycles. The molecule has 2 unspecified atom stereocenters. The molecule has 5 nitrogen and oxygen atoms in total. The zero-order valence-corrected chi connectivity index (χ0v) is 13.8. The molecular formula is C18H25NO4. The summed E-state index contributed by atoms with van der Waals surface area (Å²) in [6, 6.07) is 6.87. The lowest BCUT2D eigenvalue weighted by Gasteiger charge is -2.33. The van der Waals surface area contributed by atoms with Gasteiger partial charge in [0.25, 0.3) is 0 Å². The highest BCUT2D eigenvalue weighted by Gasteiger charge is 2.27. The quantitative estimate of drug-likeness (QED) is 0.783. The third-order valence-electron chi connectivity index (χ3n) is 4.39. The van der Waals surface area contributed by atoms with Crippen LogP contribution in [0.5, 0.6) is 5.75 Å². The molecule has 1 aliphatic heterocycles. The fourth-order valence-corrected chi connectivity index (χ4v) is 3.21. The fourth-order valence-electron chi connectivity index (χ4n) is 3.21. The highest BCUT2D eigenvalue weighted by Crippen LogP contribution is 2.21. The first-order valence-corrected chi connectivity index (χ1v) is 8.12. The summed E-state index contributed by atoms with van der Waals surface area (Å²) in [5.74, 6) is -0.257. The number of hydrogen-bond acceptors (Lipinski definition) is 4. The highest BCUT2D eigenvalue weighted by atomic mass is 16.5. The Morgan fingerprint density at radius 2 is 2.04 bits per heavy atom. The van der Waals surface area contributed by atoms with E-state index in [-0.39, 0.29) is 12.2 Å². The maximum absolute atomic E-state index is 12.7. The molecule has 1 saturated heterocycles. The number of ether oxygens (including phenoxy) is 1. The number of methoxy groups -OCH3 is 1. The molecule has 2 rings (SSSR count). The van der Waals surface area contributed by atoms with E-state index < -0.39 is 11.9 Å². The lowest BCUT2D eigenvalue weighted by Crippen LogP contribution is -2.40. The summed E-state index contributed by atoms with van der Waals surface area (Å²) in [5, 5.41) is 9.15. The first-order valence-electron chi connectivity index (χ1n) is 8.12. The number of ketones is 1. The zero-order valence-electron chi connectivity index (χ0n) is 13.8. The van der Waals surface area contributed by atoms with Crippen molar-refractivity contribution >= 4 is 11.8 Å². The van der Waals surface area contributed by atoms with Crippen LogP contribution in [0.1, 0.15) is 36.5 Å². The van der Waals surface area contributed by atoms with Crippen molar-refractivity contribution in [2.45, 2.75) is 26.2 Å². The van der Waals surface area contributed by atoms with Gasteiger partial charge in [0.1, 0.15) is 5.75 Å². The molecule has 126 valence electrons. The summed E-state index contributed by atoms with van der Waals surface area (Å²) < 4.78 is 5.09. The second-order valence-corrected chi connectivity index (χ2v) is 6.39. The van der Waals surface area contributed by atoms with Crippen molar-refractivity contribution in [2.24, 2.45) is 11.8 Å². The lowest BCUT2D eigenvalue weighted by molar-refractivity contribution is -0.137. The average Bonchev–Trinajstić information content (AvgIpc) is 2.53. The molecule has 1 fully saturated rings. The van der Waals surface area contributed by atoms with Crippen LogP contribution in [0.3, 0.4) is 0 Å². The van der Waals surface area contributed by atoms with Crippen molar-refractivity contribution in [1.82, 2.24) is 4.90 Å². The van der Waals surface area contributed by atoms with Crippen molar-refractivity contribution in [3.05, 3.63) is 29.8 Å². The van der Waals surface area contributed by atoms with Crippen LogP contribution in [0.15, 0.2) is 24.3 Å². The van der Waals surface area contributed by atoms with Crippen LogP contribution < -0.4 is 4.74 Å². The zero-order chi connectivity index (χ0) is 16.8. The van der Waals surface area contributed by atoms with Crippen molar-refractivity contribution < 1.29 is 19.4 Å². The molecular weight excluding hydrogens is 294 g/mol. The molecule has 1 aliphatic rings. The number of piperidine rings is 1. The van der Waals surface area contributed by atoms with Gasteiger partial charge in [-0.3, -0.25) is 9.59 Å². The molecule has 0 aliphatic carbocycles. The van der Waals surface area contributed by atoms with Crippen molar-refractivity contribution in [3.63, 3.8) is 0 Å². The topological polar surface area (TPSA) is 66.8 Å². The van der Waals surface area contributed by atoms with E-state index in [1.54, 1.807) is 31.4 Å². The largest absolute Gasteiger partial charge is 0.497 e. The number of carbonyl (C=O) groups is 2. The minimum Gasteiger partial charge on any atom is -0.497 e. The number of carboxylic acids is 1. The number of hydrogen-bond donors (Lipinski definition) is 1. The molecule has 1 N–H and O–H groups in total. The molecule has 0 radical (unpaired) electrons. The van der Waals surface area contributed by atoms with E-state index in [1.807, 2.05) is 0 Å². The Bertz CT molecular complexity index is 540. The molecule has 0 aromatic heterocycles. The Hall–Kier alpha value is -1.88. The van der Waals surface area contributed by atoms with Crippen molar-refractivity contribution in [1.29, 1.82) is 0 Å². The summed E-state index contributed by atoms with van der Waals surface area (Å²) in [7, 11) is 1.57. The highest BCUT2D eigenvalue weighted by molar-refractivity contribution is 5.99. The Morgan fingerprint density at radius 1 is 1.35 bits per heavy atom. The minimum absolute atomic E-state index is 0.103. The van der Waals surface area contributed by atoms with E-state index in [1.165, 1.54) is 6.42 Å². The lowest BCUT2D eigenvalue weighted by atomic mass is 9.92. The molecule has 23 heavy (non-hydrogen) atoms. The Balaban J connectivity index is 2.09. The Kier molecular flexibility index (Phi) is 6.16. The molecule has 1 heterocycles. The second-order valence-electron chi connectivity index (χ2n) is 6.39. The Labute approximate surface area is 137 Å². The first kappa shape index (κ1) is 17.5. The summed E-state index contributed by atoms with van der Waals surface area (Å²) in [4.78, 5) is 26.1. The fraction of sp³-hybridized carbons (Fsp3) is 0.556. The number of likely N-dealkylation sites (tertiary alicyclic amines) is 1. The van der Waals surface area contributed by atoms with Gasteiger partial charge in [-0.15, -0.1) is 0 Å². The number of Topliss-reactive ketones (excluding diaryl/α,β-unsaturated/α-hetero) is 1. The summed E-state index contributed by atoms with van der Waals surface area (Å²) in [6.45, 7) is 4.59. The number of nitrogens with zero attached hydrogens (tertiary/aromatic N) is 1. The van der Waals surface area contributed by atoms with Gasteiger partial charge in [0, 0.05) is 24.6 Å². The number of carboxylic acid groups (broad SMARTS) is 1. The van der Waals surface area contributed by atoms with Gasteiger partial charge in [-0.25, -0.2) is 0 Å². The molecule has 0 bridgehead atoms. The maximum Gasteiger partial charge on any atom is 0.304 e. The van der Waals surface area contributed by atoms with Gasteiger partial charge >= 0.3 is 5.97 Å². The Morgan fingerprint density at radius 3 is 2.61 bits per heavy atom. The van der Waals surface area contributed by atoms with E-state index in [0.717, 1.165) is 19.5 Å². The van der Waals surface area contributed by atoms with E-state index in [0.29, 0.717) is 23.8 Å². The van der Waals surface area contributed by atoms with Gasteiger partial charge in [0.15, 0.2) is 5.78 Å².